The molecule has 0 aliphatic carbocycles. The van der Waals surface area contributed by atoms with Crippen LogP contribution in [-0.2, 0) is 11.2 Å². The van der Waals surface area contributed by atoms with Crippen molar-refractivity contribution in [2.45, 2.75) is 32.7 Å². The van der Waals surface area contributed by atoms with Crippen molar-refractivity contribution in [3.8, 4) is 17.1 Å². The van der Waals surface area contributed by atoms with Crippen LogP contribution < -0.4 is 15.4 Å². The van der Waals surface area contributed by atoms with Crippen molar-refractivity contribution in [3.05, 3.63) is 30.2 Å². The standard InChI is InChI=1S/C17H24N4O3/c1-4-18-12(2)11-19-15(22)9-10-16-20-17(21-24-16)13-5-7-14(23-3)8-6-13/h5-8,12,18H,4,9-11H2,1-3H3,(H,19,22)/t12-/m1/s1. The van der Waals surface area contributed by atoms with Crippen molar-refractivity contribution in [2.24, 2.45) is 0 Å². The van der Waals surface area contributed by atoms with E-state index in [4.69, 9.17) is 9.26 Å². The lowest BCUT2D eigenvalue weighted by molar-refractivity contribution is -0.121. The zero-order valence-electron chi connectivity index (χ0n) is 14.3. The van der Waals surface area contributed by atoms with Gasteiger partial charge in [-0.05, 0) is 37.7 Å². The van der Waals surface area contributed by atoms with Crippen molar-refractivity contribution in [1.29, 1.82) is 0 Å². The van der Waals surface area contributed by atoms with Crippen molar-refractivity contribution in [2.75, 3.05) is 20.2 Å². The van der Waals surface area contributed by atoms with E-state index < -0.39 is 0 Å². The summed E-state index contributed by atoms with van der Waals surface area (Å²) in [7, 11) is 1.62. The predicted molar refractivity (Wildman–Crippen MR) is 90.8 cm³/mol. The topological polar surface area (TPSA) is 89.3 Å². The quantitative estimate of drug-likeness (QED) is 0.728. The van der Waals surface area contributed by atoms with Crippen LogP contribution in [0.1, 0.15) is 26.2 Å². The zero-order chi connectivity index (χ0) is 17.4. The predicted octanol–water partition coefficient (Wildman–Crippen LogP) is 1.79. The number of rotatable bonds is 9. The number of methoxy groups -OCH3 is 1. The second-order valence-corrected chi connectivity index (χ2v) is 5.50. The third kappa shape index (κ3) is 5.34. The van der Waals surface area contributed by atoms with E-state index in [2.05, 4.69) is 20.8 Å². The molecule has 0 unspecified atom stereocenters. The monoisotopic (exact) mass is 332 g/mol. The minimum absolute atomic E-state index is 0.0241. The average Bonchev–Trinajstić information content (AvgIpc) is 3.07. The molecular formula is C17H24N4O3. The second kappa shape index (κ2) is 9.02. The number of nitrogens with one attached hydrogen (secondary N) is 2. The summed E-state index contributed by atoms with van der Waals surface area (Å²) in [6.45, 7) is 5.55. The SMILES string of the molecule is CCN[C@H](C)CNC(=O)CCc1nc(-c2ccc(OC)cc2)no1. The highest BCUT2D eigenvalue weighted by atomic mass is 16.5. The van der Waals surface area contributed by atoms with Gasteiger partial charge < -0.3 is 19.9 Å². The summed E-state index contributed by atoms with van der Waals surface area (Å²) in [5, 5.41) is 10.1. The summed E-state index contributed by atoms with van der Waals surface area (Å²) in [5.41, 5.74) is 0.842. The van der Waals surface area contributed by atoms with Crippen LogP contribution >= 0.6 is 0 Å². The fourth-order valence-corrected chi connectivity index (χ4v) is 2.21. The van der Waals surface area contributed by atoms with Gasteiger partial charge in [0.2, 0.25) is 17.6 Å². The van der Waals surface area contributed by atoms with Gasteiger partial charge >= 0.3 is 0 Å². The molecule has 1 aromatic carbocycles. The molecule has 24 heavy (non-hydrogen) atoms. The number of nitrogens with zero attached hydrogens (tertiary/aromatic N) is 2. The smallest absolute Gasteiger partial charge is 0.227 e. The van der Waals surface area contributed by atoms with E-state index in [1.165, 1.54) is 0 Å². The Labute approximate surface area is 141 Å². The Kier molecular flexibility index (Phi) is 6.74. The minimum Gasteiger partial charge on any atom is -0.497 e. The van der Waals surface area contributed by atoms with Crippen LogP contribution in [0.2, 0.25) is 0 Å². The Morgan fingerprint density at radius 3 is 2.75 bits per heavy atom. The lowest BCUT2D eigenvalue weighted by atomic mass is 10.2. The molecule has 0 aliphatic rings. The maximum atomic E-state index is 11.8. The van der Waals surface area contributed by atoms with E-state index in [1.807, 2.05) is 38.1 Å². The van der Waals surface area contributed by atoms with Gasteiger partial charge in [-0.2, -0.15) is 4.98 Å². The maximum absolute atomic E-state index is 11.8. The van der Waals surface area contributed by atoms with Gasteiger partial charge in [0.15, 0.2) is 0 Å². The van der Waals surface area contributed by atoms with Gasteiger partial charge in [-0.25, -0.2) is 0 Å². The molecular weight excluding hydrogens is 308 g/mol. The average molecular weight is 332 g/mol. The van der Waals surface area contributed by atoms with E-state index in [1.54, 1.807) is 7.11 Å². The van der Waals surface area contributed by atoms with Crippen LogP contribution in [0.5, 0.6) is 5.75 Å². The molecule has 0 bridgehead atoms. The van der Waals surface area contributed by atoms with Crippen molar-refractivity contribution >= 4 is 5.91 Å². The van der Waals surface area contributed by atoms with Crippen LogP contribution in [0.25, 0.3) is 11.4 Å². The van der Waals surface area contributed by atoms with Gasteiger partial charge in [-0.15, -0.1) is 0 Å². The molecule has 0 saturated carbocycles. The number of carbonyl (C=O) groups is 1. The van der Waals surface area contributed by atoms with E-state index in [0.717, 1.165) is 17.9 Å². The number of amides is 1. The fraction of sp³-hybridized carbons (Fsp3) is 0.471. The minimum atomic E-state index is -0.0241. The normalized spacial score (nSPS) is 12.0. The largest absolute Gasteiger partial charge is 0.497 e. The summed E-state index contributed by atoms with van der Waals surface area (Å²) in [6, 6.07) is 7.66. The van der Waals surface area contributed by atoms with Crippen LogP contribution in [0.3, 0.4) is 0 Å². The van der Waals surface area contributed by atoms with Crippen molar-refractivity contribution in [1.82, 2.24) is 20.8 Å². The Hall–Kier alpha value is -2.41. The first-order valence-electron chi connectivity index (χ1n) is 8.09. The molecule has 0 aliphatic heterocycles. The Morgan fingerprint density at radius 2 is 2.08 bits per heavy atom. The Bertz CT molecular complexity index is 640. The number of aromatic nitrogens is 2. The Morgan fingerprint density at radius 1 is 1.33 bits per heavy atom. The molecule has 7 nitrogen and oxygen atoms in total. The molecule has 2 aromatic rings. The maximum Gasteiger partial charge on any atom is 0.227 e. The number of carbonyl (C=O) groups excluding carboxylic acids is 1. The van der Waals surface area contributed by atoms with E-state index in [9.17, 15) is 4.79 Å². The number of benzene rings is 1. The molecule has 1 atom stereocenters. The molecule has 1 aromatic heterocycles. The summed E-state index contributed by atoms with van der Waals surface area (Å²) < 4.78 is 10.3. The van der Waals surface area contributed by atoms with Crippen LogP contribution in [0.4, 0.5) is 0 Å². The van der Waals surface area contributed by atoms with E-state index >= 15 is 0 Å². The molecule has 2 N–H and O–H groups in total. The lowest BCUT2D eigenvalue weighted by Crippen LogP contribution is -2.38. The number of likely N-dealkylation sites (N-methyl/N-ethyl adjacent to an activating group) is 1. The molecule has 0 spiro atoms. The summed E-state index contributed by atoms with van der Waals surface area (Å²) in [6.07, 6.45) is 0.744. The summed E-state index contributed by atoms with van der Waals surface area (Å²) >= 11 is 0. The second-order valence-electron chi connectivity index (χ2n) is 5.50. The van der Waals surface area contributed by atoms with Gasteiger partial charge in [0.1, 0.15) is 5.75 Å². The number of hydrogen-bond donors (Lipinski definition) is 2. The molecule has 1 heterocycles. The summed E-state index contributed by atoms with van der Waals surface area (Å²) in [5.74, 6) is 1.71. The first kappa shape index (κ1) is 17.9. The van der Waals surface area contributed by atoms with Gasteiger partial charge in [0, 0.05) is 31.0 Å². The van der Waals surface area contributed by atoms with E-state index in [0.29, 0.717) is 31.1 Å². The molecule has 1 amide bonds. The zero-order valence-corrected chi connectivity index (χ0v) is 14.3. The number of aryl methyl sites for hydroxylation is 1. The highest BCUT2D eigenvalue weighted by Gasteiger charge is 2.11. The summed E-state index contributed by atoms with van der Waals surface area (Å²) in [4.78, 5) is 16.2. The van der Waals surface area contributed by atoms with Gasteiger partial charge in [0.25, 0.3) is 0 Å². The fourth-order valence-electron chi connectivity index (χ4n) is 2.21. The van der Waals surface area contributed by atoms with Crippen LogP contribution in [0.15, 0.2) is 28.8 Å². The van der Waals surface area contributed by atoms with Gasteiger partial charge in [-0.1, -0.05) is 12.1 Å². The van der Waals surface area contributed by atoms with Crippen LogP contribution in [-0.4, -0.2) is 42.3 Å². The third-order valence-electron chi connectivity index (χ3n) is 3.54. The van der Waals surface area contributed by atoms with Crippen LogP contribution in [0, 0.1) is 0 Å². The van der Waals surface area contributed by atoms with E-state index in [-0.39, 0.29) is 11.9 Å². The number of hydrogen-bond acceptors (Lipinski definition) is 6. The first-order valence-corrected chi connectivity index (χ1v) is 8.09. The van der Waals surface area contributed by atoms with Crippen molar-refractivity contribution < 1.29 is 14.1 Å². The number of ether oxygens (including phenoxy) is 1. The lowest BCUT2D eigenvalue weighted by Gasteiger charge is -2.12. The highest BCUT2D eigenvalue weighted by molar-refractivity contribution is 5.76. The van der Waals surface area contributed by atoms with Crippen molar-refractivity contribution in [3.63, 3.8) is 0 Å². The van der Waals surface area contributed by atoms with Gasteiger partial charge in [-0.3, -0.25) is 4.79 Å². The first-order chi connectivity index (χ1) is 11.6. The molecule has 2 rings (SSSR count). The van der Waals surface area contributed by atoms with Gasteiger partial charge in [0.05, 0.1) is 7.11 Å². The molecule has 0 saturated heterocycles. The molecule has 0 fully saturated rings. The molecule has 7 heteroatoms. The Balaban J connectivity index is 1.81. The highest BCUT2D eigenvalue weighted by Crippen LogP contribution is 2.19. The molecule has 130 valence electrons. The third-order valence-corrected chi connectivity index (χ3v) is 3.54. The molecule has 0 radical (unpaired) electrons.